The fourth-order valence-corrected chi connectivity index (χ4v) is 1.52. The zero-order valence-corrected chi connectivity index (χ0v) is 9.73. The van der Waals surface area contributed by atoms with Crippen LogP contribution in [0.15, 0.2) is 18.2 Å². The van der Waals surface area contributed by atoms with Gasteiger partial charge in [0.2, 0.25) is 0 Å². The maximum absolute atomic E-state index is 10.8. The maximum Gasteiger partial charge on any atom is 0.335 e. The zero-order chi connectivity index (χ0) is 12.1. The lowest BCUT2D eigenvalue weighted by Gasteiger charge is -2.21. The van der Waals surface area contributed by atoms with Gasteiger partial charge < -0.3 is 15.7 Å². The Labute approximate surface area is 95.7 Å². The third-order valence-electron chi connectivity index (χ3n) is 2.54. The second-order valence-electron chi connectivity index (χ2n) is 3.85. The highest BCUT2D eigenvalue weighted by atomic mass is 16.4. The molecule has 0 aliphatic heterocycles. The van der Waals surface area contributed by atoms with E-state index in [2.05, 4.69) is 6.92 Å². The molecule has 0 fully saturated rings. The van der Waals surface area contributed by atoms with Gasteiger partial charge in [0.05, 0.1) is 16.9 Å². The number of carbonyl (C=O) groups is 1. The fraction of sp³-hybridized carbons (Fsp3) is 0.417. The fourth-order valence-electron chi connectivity index (χ4n) is 1.52. The molecule has 4 heteroatoms. The highest BCUT2D eigenvalue weighted by Gasteiger charge is 2.09. The van der Waals surface area contributed by atoms with Gasteiger partial charge in [0.25, 0.3) is 0 Å². The standard InChI is InChI=1S/C12H18N2O2/c1-3-4-7-14(2)11-8-9(12(15)16)5-6-10(11)13/h5-6,8H,3-4,7,13H2,1-2H3,(H,15,16). The number of aromatic carboxylic acids is 1. The van der Waals surface area contributed by atoms with Crippen molar-refractivity contribution >= 4 is 17.3 Å². The number of anilines is 2. The van der Waals surface area contributed by atoms with Gasteiger partial charge in [0.1, 0.15) is 0 Å². The Morgan fingerprint density at radius 2 is 2.19 bits per heavy atom. The first-order valence-corrected chi connectivity index (χ1v) is 5.40. The maximum atomic E-state index is 10.8. The largest absolute Gasteiger partial charge is 0.478 e. The first-order chi connectivity index (χ1) is 7.56. The van der Waals surface area contributed by atoms with E-state index in [0.717, 1.165) is 25.1 Å². The van der Waals surface area contributed by atoms with E-state index < -0.39 is 5.97 Å². The molecular weight excluding hydrogens is 204 g/mol. The first-order valence-electron chi connectivity index (χ1n) is 5.40. The van der Waals surface area contributed by atoms with Gasteiger partial charge in [-0.1, -0.05) is 13.3 Å². The van der Waals surface area contributed by atoms with E-state index in [1.807, 2.05) is 11.9 Å². The van der Waals surface area contributed by atoms with E-state index in [-0.39, 0.29) is 5.56 Å². The second-order valence-corrected chi connectivity index (χ2v) is 3.85. The van der Waals surface area contributed by atoms with Crippen LogP contribution in [0.1, 0.15) is 30.1 Å². The Balaban J connectivity index is 2.92. The summed E-state index contributed by atoms with van der Waals surface area (Å²) in [6.07, 6.45) is 2.16. The normalized spacial score (nSPS) is 10.1. The van der Waals surface area contributed by atoms with Crippen molar-refractivity contribution in [3.63, 3.8) is 0 Å². The minimum absolute atomic E-state index is 0.271. The van der Waals surface area contributed by atoms with Crippen LogP contribution in [0.2, 0.25) is 0 Å². The molecule has 0 saturated heterocycles. The Morgan fingerprint density at radius 3 is 2.75 bits per heavy atom. The van der Waals surface area contributed by atoms with Gasteiger partial charge in [-0.15, -0.1) is 0 Å². The van der Waals surface area contributed by atoms with Gasteiger partial charge in [-0.2, -0.15) is 0 Å². The molecule has 0 unspecified atom stereocenters. The lowest BCUT2D eigenvalue weighted by atomic mass is 10.1. The molecule has 0 aliphatic carbocycles. The van der Waals surface area contributed by atoms with Crippen LogP contribution < -0.4 is 10.6 Å². The van der Waals surface area contributed by atoms with Crippen LogP contribution in [0.5, 0.6) is 0 Å². The van der Waals surface area contributed by atoms with E-state index >= 15 is 0 Å². The third-order valence-corrected chi connectivity index (χ3v) is 2.54. The molecule has 88 valence electrons. The van der Waals surface area contributed by atoms with E-state index in [1.165, 1.54) is 6.07 Å². The summed E-state index contributed by atoms with van der Waals surface area (Å²) in [5, 5.41) is 8.90. The monoisotopic (exact) mass is 222 g/mol. The second kappa shape index (κ2) is 5.39. The Bertz CT molecular complexity index is 377. The summed E-state index contributed by atoms with van der Waals surface area (Å²) in [5.74, 6) is -0.926. The SMILES string of the molecule is CCCCN(C)c1cc(C(=O)O)ccc1N. The molecule has 1 aromatic rings. The summed E-state index contributed by atoms with van der Waals surface area (Å²) in [5.41, 5.74) is 7.50. The number of carboxylic acid groups (broad SMARTS) is 1. The van der Waals surface area contributed by atoms with Gasteiger partial charge in [0.15, 0.2) is 0 Å². The summed E-state index contributed by atoms with van der Waals surface area (Å²) in [7, 11) is 1.92. The summed E-state index contributed by atoms with van der Waals surface area (Å²) < 4.78 is 0. The van der Waals surface area contributed by atoms with Crippen LogP contribution in [0.25, 0.3) is 0 Å². The lowest BCUT2D eigenvalue weighted by molar-refractivity contribution is 0.0697. The number of nitrogens with zero attached hydrogens (tertiary/aromatic N) is 1. The third kappa shape index (κ3) is 2.89. The van der Waals surface area contributed by atoms with Gasteiger partial charge in [-0.05, 0) is 24.6 Å². The van der Waals surface area contributed by atoms with Gasteiger partial charge in [0, 0.05) is 13.6 Å². The molecule has 0 aromatic heterocycles. The van der Waals surface area contributed by atoms with Gasteiger partial charge >= 0.3 is 5.97 Å². The minimum atomic E-state index is -0.926. The molecule has 0 bridgehead atoms. The molecule has 16 heavy (non-hydrogen) atoms. The highest BCUT2D eigenvalue weighted by molar-refractivity contribution is 5.90. The van der Waals surface area contributed by atoms with Crippen LogP contribution in [0.3, 0.4) is 0 Å². The number of unbranched alkanes of at least 4 members (excludes halogenated alkanes) is 1. The van der Waals surface area contributed by atoms with Crippen molar-refractivity contribution in [2.75, 3.05) is 24.2 Å². The van der Waals surface area contributed by atoms with Crippen molar-refractivity contribution in [1.82, 2.24) is 0 Å². The van der Waals surface area contributed by atoms with Crippen LogP contribution in [0, 0.1) is 0 Å². The Hall–Kier alpha value is -1.71. The van der Waals surface area contributed by atoms with Crippen LogP contribution in [-0.2, 0) is 0 Å². The van der Waals surface area contributed by atoms with Gasteiger partial charge in [-0.3, -0.25) is 0 Å². The minimum Gasteiger partial charge on any atom is -0.478 e. The summed E-state index contributed by atoms with van der Waals surface area (Å²) >= 11 is 0. The Kier molecular flexibility index (Phi) is 4.17. The topological polar surface area (TPSA) is 66.6 Å². The smallest absolute Gasteiger partial charge is 0.335 e. The predicted molar refractivity (Wildman–Crippen MR) is 66.0 cm³/mol. The molecule has 0 amide bonds. The van der Waals surface area contributed by atoms with Crippen molar-refractivity contribution in [1.29, 1.82) is 0 Å². The quantitative estimate of drug-likeness (QED) is 0.749. The molecule has 0 radical (unpaired) electrons. The van der Waals surface area contributed by atoms with E-state index in [1.54, 1.807) is 12.1 Å². The molecule has 0 heterocycles. The average Bonchev–Trinajstić information content (AvgIpc) is 2.26. The summed E-state index contributed by atoms with van der Waals surface area (Å²) in [4.78, 5) is 12.8. The molecule has 3 N–H and O–H groups in total. The molecular formula is C12H18N2O2. The van der Waals surface area contributed by atoms with Gasteiger partial charge in [-0.25, -0.2) is 4.79 Å². The summed E-state index contributed by atoms with van der Waals surface area (Å²) in [6.45, 7) is 2.99. The van der Waals surface area contributed by atoms with E-state index in [0.29, 0.717) is 5.69 Å². The number of hydrogen-bond donors (Lipinski definition) is 2. The van der Waals surface area contributed by atoms with Crippen LogP contribution >= 0.6 is 0 Å². The predicted octanol–water partition coefficient (Wildman–Crippen LogP) is 2.20. The molecule has 0 saturated carbocycles. The number of nitrogen functional groups attached to an aromatic ring is 1. The van der Waals surface area contributed by atoms with E-state index in [9.17, 15) is 4.79 Å². The molecule has 1 rings (SSSR count). The molecule has 0 spiro atoms. The highest BCUT2D eigenvalue weighted by Crippen LogP contribution is 2.23. The first kappa shape index (κ1) is 12.4. The molecule has 0 aliphatic rings. The van der Waals surface area contributed by atoms with Crippen molar-refractivity contribution in [3.05, 3.63) is 23.8 Å². The van der Waals surface area contributed by atoms with Crippen LogP contribution in [0.4, 0.5) is 11.4 Å². The Morgan fingerprint density at radius 1 is 1.50 bits per heavy atom. The van der Waals surface area contributed by atoms with Crippen molar-refractivity contribution in [2.24, 2.45) is 0 Å². The molecule has 4 nitrogen and oxygen atoms in total. The number of carboxylic acids is 1. The van der Waals surface area contributed by atoms with E-state index in [4.69, 9.17) is 10.8 Å². The van der Waals surface area contributed by atoms with Crippen molar-refractivity contribution < 1.29 is 9.90 Å². The number of rotatable bonds is 5. The molecule has 1 aromatic carbocycles. The van der Waals surface area contributed by atoms with Crippen molar-refractivity contribution in [3.8, 4) is 0 Å². The lowest BCUT2D eigenvalue weighted by Crippen LogP contribution is -2.20. The van der Waals surface area contributed by atoms with Crippen LogP contribution in [-0.4, -0.2) is 24.7 Å². The van der Waals surface area contributed by atoms with Crippen molar-refractivity contribution in [2.45, 2.75) is 19.8 Å². The molecule has 0 atom stereocenters. The zero-order valence-electron chi connectivity index (χ0n) is 9.73. The summed E-state index contributed by atoms with van der Waals surface area (Å²) in [6, 6.07) is 4.78. The number of hydrogen-bond acceptors (Lipinski definition) is 3. The average molecular weight is 222 g/mol. The number of nitrogens with two attached hydrogens (primary N) is 1. The number of benzene rings is 1.